The Morgan fingerprint density at radius 2 is 2.00 bits per heavy atom. The molecule has 0 aromatic carbocycles. The zero-order chi connectivity index (χ0) is 20.6. The minimum absolute atomic E-state index is 0.0250. The molecule has 4 rings (SSSR count). The van der Waals surface area contributed by atoms with Crippen LogP contribution in [0.5, 0.6) is 0 Å². The van der Waals surface area contributed by atoms with E-state index in [1.807, 2.05) is 17.9 Å². The molecule has 1 spiro atoms. The van der Waals surface area contributed by atoms with Crippen molar-refractivity contribution < 1.29 is 14.3 Å². The summed E-state index contributed by atoms with van der Waals surface area (Å²) in [6.07, 6.45) is 4.70. The van der Waals surface area contributed by atoms with Gasteiger partial charge in [-0.25, -0.2) is 14.8 Å². The van der Waals surface area contributed by atoms with Gasteiger partial charge in [-0.15, -0.1) is 0 Å². The van der Waals surface area contributed by atoms with Gasteiger partial charge >= 0.3 is 6.03 Å². The normalized spacial score (nSPS) is 24.4. The molecule has 0 saturated carbocycles. The predicted molar refractivity (Wildman–Crippen MR) is 109 cm³/mol. The van der Waals surface area contributed by atoms with Crippen molar-refractivity contribution in [3.05, 3.63) is 18.1 Å². The molecule has 3 aliphatic heterocycles. The molecule has 8 nitrogen and oxygen atoms in total. The number of imide groups is 1. The van der Waals surface area contributed by atoms with Crippen LogP contribution in [-0.2, 0) is 9.53 Å². The molecule has 0 radical (unpaired) electrons. The molecule has 0 bridgehead atoms. The molecule has 29 heavy (non-hydrogen) atoms. The van der Waals surface area contributed by atoms with Crippen molar-refractivity contribution in [3.8, 4) is 0 Å². The number of ether oxygens (including phenoxy) is 1. The van der Waals surface area contributed by atoms with Gasteiger partial charge in [-0.2, -0.15) is 0 Å². The van der Waals surface area contributed by atoms with E-state index in [2.05, 4.69) is 28.7 Å². The maximum Gasteiger partial charge on any atom is 0.327 e. The second-order valence-electron chi connectivity index (χ2n) is 8.87. The van der Waals surface area contributed by atoms with Crippen molar-refractivity contribution in [2.24, 2.45) is 5.92 Å². The Bertz CT molecular complexity index is 769. The summed E-state index contributed by atoms with van der Waals surface area (Å²) in [7, 11) is 0. The zero-order valence-corrected chi connectivity index (χ0v) is 17.6. The Kier molecular flexibility index (Phi) is 5.46. The molecule has 3 fully saturated rings. The Morgan fingerprint density at radius 3 is 2.62 bits per heavy atom. The fourth-order valence-corrected chi connectivity index (χ4v) is 4.76. The number of anilines is 1. The van der Waals surface area contributed by atoms with E-state index in [1.165, 1.54) is 4.90 Å². The quantitative estimate of drug-likeness (QED) is 0.704. The third-order valence-electron chi connectivity index (χ3n) is 6.28. The number of amides is 3. The summed E-state index contributed by atoms with van der Waals surface area (Å²) in [6, 6.07) is 1.82. The molecule has 0 aliphatic carbocycles. The highest BCUT2D eigenvalue weighted by molar-refractivity contribution is 6.07. The summed E-state index contributed by atoms with van der Waals surface area (Å²) < 4.78 is 5.70. The number of carbonyl (C=O) groups is 2. The summed E-state index contributed by atoms with van der Waals surface area (Å²) >= 11 is 0. The van der Waals surface area contributed by atoms with E-state index in [-0.39, 0.29) is 18.0 Å². The van der Waals surface area contributed by atoms with Crippen LogP contribution in [0.2, 0.25) is 0 Å². The highest BCUT2D eigenvalue weighted by Gasteiger charge is 2.58. The molecule has 1 aromatic rings. The first kappa shape index (κ1) is 20.1. The fraction of sp³-hybridized carbons (Fsp3) is 0.714. The maximum atomic E-state index is 13.5. The van der Waals surface area contributed by atoms with Crippen LogP contribution < -0.4 is 4.90 Å². The average Bonchev–Trinajstić information content (AvgIpc) is 3.27. The van der Waals surface area contributed by atoms with E-state index in [0.29, 0.717) is 44.9 Å². The Morgan fingerprint density at radius 1 is 1.24 bits per heavy atom. The molecule has 0 N–H and O–H groups in total. The Hall–Kier alpha value is -2.22. The molecule has 4 heterocycles. The average molecular weight is 402 g/mol. The minimum atomic E-state index is -0.738. The van der Waals surface area contributed by atoms with Crippen molar-refractivity contribution >= 4 is 17.8 Å². The third kappa shape index (κ3) is 3.70. The van der Waals surface area contributed by atoms with Crippen LogP contribution in [-0.4, -0.2) is 76.1 Å². The second kappa shape index (κ2) is 7.89. The summed E-state index contributed by atoms with van der Waals surface area (Å²) in [5.74, 6) is 1.14. The first-order chi connectivity index (χ1) is 13.9. The molecular formula is C21H31N5O3. The van der Waals surface area contributed by atoms with Gasteiger partial charge in [-0.05, 0) is 38.5 Å². The number of aryl methyl sites for hydroxylation is 1. The number of hydrogen-bond acceptors (Lipinski definition) is 6. The molecule has 1 unspecified atom stereocenters. The second-order valence-corrected chi connectivity index (χ2v) is 8.87. The van der Waals surface area contributed by atoms with E-state index in [4.69, 9.17) is 4.74 Å². The highest BCUT2D eigenvalue weighted by atomic mass is 16.5. The van der Waals surface area contributed by atoms with E-state index < -0.39 is 5.54 Å². The largest absolute Gasteiger partial charge is 0.376 e. The molecule has 3 amide bonds. The predicted octanol–water partition coefficient (Wildman–Crippen LogP) is 2.22. The number of urea groups is 1. The van der Waals surface area contributed by atoms with Crippen molar-refractivity contribution in [2.75, 3.05) is 37.7 Å². The van der Waals surface area contributed by atoms with Gasteiger partial charge in [0, 0.05) is 38.0 Å². The summed E-state index contributed by atoms with van der Waals surface area (Å²) in [4.78, 5) is 40.8. The maximum absolute atomic E-state index is 13.5. The van der Waals surface area contributed by atoms with Crippen LogP contribution in [0.4, 0.5) is 10.6 Å². The SMILES string of the molecule is Cc1cc(N2CCC3(CC2)C(=O)N(CC2CCCO2)C(=O)N3CC(C)C)ncn1. The highest BCUT2D eigenvalue weighted by Crippen LogP contribution is 2.39. The summed E-state index contributed by atoms with van der Waals surface area (Å²) in [6.45, 7) is 9.20. The molecule has 3 aliphatic rings. The molecule has 8 heteroatoms. The fourth-order valence-electron chi connectivity index (χ4n) is 4.76. The van der Waals surface area contributed by atoms with Gasteiger partial charge in [0.2, 0.25) is 0 Å². The van der Waals surface area contributed by atoms with Crippen LogP contribution in [0.25, 0.3) is 0 Å². The Labute approximate surface area is 172 Å². The van der Waals surface area contributed by atoms with Crippen LogP contribution in [0.15, 0.2) is 12.4 Å². The lowest BCUT2D eigenvalue weighted by atomic mass is 9.85. The molecular weight excluding hydrogens is 370 g/mol. The molecule has 1 aromatic heterocycles. The number of rotatable bonds is 5. The lowest BCUT2D eigenvalue weighted by Gasteiger charge is -2.43. The van der Waals surface area contributed by atoms with Gasteiger partial charge in [0.15, 0.2) is 0 Å². The van der Waals surface area contributed by atoms with Gasteiger partial charge in [-0.3, -0.25) is 9.69 Å². The van der Waals surface area contributed by atoms with Gasteiger partial charge in [0.1, 0.15) is 17.7 Å². The summed E-state index contributed by atoms with van der Waals surface area (Å²) in [5.41, 5.74) is 0.185. The van der Waals surface area contributed by atoms with Gasteiger partial charge in [0.25, 0.3) is 5.91 Å². The number of piperidine rings is 1. The molecule has 3 saturated heterocycles. The van der Waals surface area contributed by atoms with Crippen LogP contribution >= 0.6 is 0 Å². The lowest BCUT2D eigenvalue weighted by Crippen LogP contribution is -2.57. The van der Waals surface area contributed by atoms with E-state index in [0.717, 1.165) is 31.0 Å². The van der Waals surface area contributed by atoms with Crippen LogP contribution in [0.1, 0.15) is 45.2 Å². The minimum Gasteiger partial charge on any atom is -0.376 e. The number of carbonyl (C=O) groups excluding carboxylic acids is 2. The molecule has 158 valence electrons. The van der Waals surface area contributed by atoms with Crippen molar-refractivity contribution in [3.63, 3.8) is 0 Å². The van der Waals surface area contributed by atoms with Crippen molar-refractivity contribution in [1.29, 1.82) is 0 Å². The first-order valence-corrected chi connectivity index (χ1v) is 10.7. The summed E-state index contributed by atoms with van der Waals surface area (Å²) in [5, 5.41) is 0. The van der Waals surface area contributed by atoms with E-state index in [1.54, 1.807) is 6.33 Å². The lowest BCUT2D eigenvalue weighted by molar-refractivity contribution is -0.135. The Balaban J connectivity index is 1.54. The van der Waals surface area contributed by atoms with Gasteiger partial charge in [-0.1, -0.05) is 13.8 Å². The van der Waals surface area contributed by atoms with Crippen molar-refractivity contribution in [1.82, 2.24) is 19.8 Å². The van der Waals surface area contributed by atoms with Crippen molar-refractivity contribution in [2.45, 2.75) is 58.1 Å². The van der Waals surface area contributed by atoms with Crippen LogP contribution in [0.3, 0.4) is 0 Å². The number of aromatic nitrogens is 2. The van der Waals surface area contributed by atoms with Gasteiger partial charge in [0.05, 0.1) is 12.6 Å². The molecule has 1 atom stereocenters. The van der Waals surface area contributed by atoms with E-state index in [9.17, 15) is 9.59 Å². The number of hydrogen-bond donors (Lipinski definition) is 0. The number of nitrogens with zero attached hydrogens (tertiary/aromatic N) is 5. The topological polar surface area (TPSA) is 78.9 Å². The smallest absolute Gasteiger partial charge is 0.327 e. The van der Waals surface area contributed by atoms with Gasteiger partial charge < -0.3 is 14.5 Å². The van der Waals surface area contributed by atoms with E-state index >= 15 is 0 Å². The first-order valence-electron chi connectivity index (χ1n) is 10.7. The zero-order valence-electron chi connectivity index (χ0n) is 17.6. The van der Waals surface area contributed by atoms with Crippen LogP contribution in [0, 0.1) is 12.8 Å². The standard InChI is InChI=1S/C21H31N5O3/c1-15(2)12-26-20(28)25(13-17-5-4-10-29-17)19(27)21(26)6-8-24(9-7-21)18-11-16(3)22-14-23-18/h11,14-15,17H,4-10,12-13H2,1-3H3. The third-order valence-corrected chi connectivity index (χ3v) is 6.28. The monoisotopic (exact) mass is 401 g/mol.